The van der Waals surface area contributed by atoms with Crippen molar-refractivity contribution in [1.82, 2.24) is 5.32 Å². The highest BCUT2D eigenvalue weighted by Crippen LogP contribution is 2.28. The molecule has 0 radical (unpaired) electrons. The quantitative estimate of drug-likeness (QED) is 0.625. The molecule has 0 fully saturated rings. The van der Waals surface area contributed by atoms with Gasteiger partial charge in [-0.3, -0.25) is 4.79 Å². The third kappa shape index (κ3) is 4.37. The third-order valence-corrected chi connectivity index (χ3v) is 3.16. The maximum Gasteiger partial charge on any atom is 0.252 e. The van der Waals surface area contributed by atoms with Crippen LogP contribution in [0.5, 0.6) is 0 Å². The van der Waals surface area contributed by atoms with Gasteiger partial charge in [-0.1, -0.05) is 23.2 Å². The van der Waals surface area contributed by atoms with E-state index < -0.39 is 0 Å². The van der Waals surface area contributed by atoms with E-state index in [9.17, 15) is 4.79 Å². The van der Waals surface area contributed by atoms with E-state index in [0.717, 1.165) is 12.8 Å². The Bertz CT molecular complexity index is 425. The number of hydrogen-bond donors (Lipinski definition) is 2. The van der Waals surface area contributed by atoms with Crippen molar-refractivity contribution < 1.29 is 9.53 Å². The number of unbranched alkanes of at least 4 members (excludes halogenated alkanes) is 1. The summed E-state index contributed by atoms with van der Waals surface area (Å²) < 4.78 is 4.92. The highest BCUT2D eigenvalue weighted by molar-refractivity contribution is 6.44. The standard InChI is InChI=1S/C12H16Cl2N2O2/c1-18-5-3-2-4-16-12(17)9-6-8(15)7-10(13)11(9)14/h6-7H,2-5,15H2,1H3,(H,16,17). The lowest BCUT2D eigenvalue weighted by atomic mass is 10.2. The second-order valence-corrected chi connectivity index (χ2v) is 4.61. The van der Waals surface area contributed by atoms with Crippen molar-refractivity contribution in [3.63, 3.8) is 0 Å². The number of anilines is 1. The fourth-order valence-corrected chi connectivity index (χ4v) is 1.87. The molecule has 0 aliphatic carbocycles. The lowest BCUT2D eigenvalue weighted by Crippen LogP contribution is -2.25. The first-order chi connectivity index (χ1) is 8.56. The summed E-state index contributed by atoms with van der Waals surface area (Å²) in [5.74, 6) is -0.272. The first-order valence-electron chi connectivity index (χ1n) is 5.58. The molecule has 0 bridgehead atoms. The SMILES string of the molecule is COCCCCNC(=O)c1cc(N)cc(Cl)c1Cl. The van der Waals surface area contributed by atoms with Crippen LogP contribution in [-0.4, -0.2) is 26.2 Å². The fraction of sp³-hybridized carbons (Fsp3) is 0.417. The van der Waals surface area contributed by atoms with Crippen molar-refractivity contribution in [3.8, 4) is 0 Å². The van der Waals surface area contributed by atoms with Gasteiger partial charge in [0, 0.05) is 25.9 Å². The Morgan fingerprint density at radius 3 is 2.78 bits per heavy atom. The maximum atomic E-state index is 11.9. The molecule has 0 aliphatic rings. The molecule has 1 aromatic rings. The third-order valence-electron chi connectivity index (χ3n) is 2.36. The molecule has 4 nitrogen and oxygen atoms in total. The number of rotatable bonds is 6. The first-order valence-corrected chi connectivity index (χ1v) is 6.33. The van der Waals surface area contributed by atoms with Gasteiger partial charge in [-0.2, -0.15) is 0 Å². The number of nitrogens with one attached hydrogen (secondary N) is 1. The predicted octanol–water partition coefficient (Wildman–Crippen LogP) is 2.73. The molecule has 0 spiro atoms. The molecule has 18 heavy (non-hydrogen) atoms. The van der Waals surface area contributed by atoms with Crippen molar-refractivity contribution in [2.45, 2.75) is 12.8 Å². The fourth-order valence-electron chi connectivity index (χ4n) is 1.44. The minimum atomic E-state index is -0.272. The maximum absolute atomic E-state index is 11.9. The molecule has 0 atom stereocenters. The van der Waals surface area contributed by atoms with E-state index in [1.165, 1.54) is 12.1 Å². The average molecular weight is 291 g/mol. The van der Waals surface area contributed by atoms with E-state index in [4.69, 9.17) is 33.7 Å². The number of nitrogens with two attached hydrogens (primary N) is 1. The van der Waals surface area contributed by atoms with E-state index in [0.29, 0.717) is 24.4 Å². The van der Waals surface area contributed by atoms with Crippen LogP contribution in [0.25, 0.3) is 0 Å². The molecule has 0 aliphatic heterocycles. The number of methoxy groups -OCH3 is 1. The molecule has 0 unspecified atom stereocenters. The Balaban J connectivity index is 2.56. The number of ether oxygens (including phenoxy) is 1. The van der Waals surface area contributed by atoms with Crippen LogP contribution in [0.1, 0.15) is 23.2 Å². The number of carbonyl (C=O) groups is 1. The molecule has 0 saturated carbocycles. The van der Waals surface area contributed by atoms with Gasteiger partial charge >= 0.3 is 0 Å². The summed E-state index contributed by atoms with van der Waals surface area (Å²) in [6.07, 6.45) is 1.73. The van der Waals surface area contributed by atoms with Crippen molar-refractivity contribution >= 4 is 34.8 Å². The zero-order valence-electron chi connectivity index (χ0n) is 10.1. The Morgan fingerprint density at radius 1 is 1.39 bits per heavy atom. The minimum absolute atomic E-state index is 0.222. The van der Waals surface area contributed by atoms with Gasteiger partial charge in [-0.15, -0.1) is 0 Å². The van der Waals surface area contributed by atoms with E-state index in [-0.39, 0.29) is 16.0 Å². The summed E-state index contributed by atoms with van der Waals surface area (Å²) in [7, 11) is 1.65. The van der Waals surface area contributed by atoms with Crippen LogP contribution < -0.4 is 11.1 Å². The molecule has 1 rings (SSSR count). The van der Waals surface area contributed by atoms with Crippen molar-refractivity contribution in [2.75, 3.05) is 26.0 Å². The molecule has 100 valence electrons. The topological polar surface area (TPSA) is 64.3 Å². The van der Waals surface area contributed by atoms with Crippen LogP contribution >= 0.6 is 23.2 Å². The zero-order valence-corrected chi connectivity index (χ0v) is 11.6. The average Bonchev–Trinajstić information content (AvgIpc) is 2.33. The van der Waals surface area contributed by atoms with Crippen molar-refractivity contribution in [1.29, 1.82) is 0 Å². The van der Waals surface area contributed by atoms with Gasteiger partial charge in [-0.25, -0.2) is 0 Å². The summed E-state index contributed by atoms with van der Waals surface area (Å²) in [5.41, 5.74) is 6.33. The van der Waals surface area contributed by atoms with Gasteiger partial charge in [0.2, 0.25) is 0 Å². The lowest BCUT2D eigenvalue weighted by Gasteiger charge is -2.08. The first kappa shape index (κ1) is 15.1. The van der Waals surface area contributed by atoms with Gasteiger partial charge in [0.25, 0.3) is 5.91 Å². The zero-order chi connectivity index (χ0) is 13.5. The molecule has 6 heteroatoms. The number of hydrogen-bond acceptors (Lipinski definition) is 3. The Morgan fingerprint density at radius 2 is 2.11 bits per heavy atom. The predicted molar refractivity (Wildman–Crippen MR) is 74.3 cm³/mol. The van der Waals surface area contributed by atoms with E-state index in [1.807, 2.05) is 0 Å². The van der Waals surface area contributed by atoms with Crippen LogP contribution in [0.4, 0.5) is 5.69 Å². The summed E-state index contributed by atoms with van der Waals surface area (Å²) in [4.78, 5) is 11.9. The van der Waals surface area contributed by atoms with Crippen LogP contribution in [-0.2, 0) is 4.74 Å². The molecular weight excluding hydrogens is 275 g/mol. The highest BCUT2D eigenvalue weighted by Gasteiger charge is 2.13. The normalized spacial score (nSPS) is 10.4. The van der Waals surface area contributed by atoms with Gasteiger partial charge in [-0.05, 0) is 25.0 Å². The summed E-state index contributed by atoms with van der Waals surface area (Å²) in [6.45, 7) is 1.24. The number of halogens is 2. The van der Waals surface area contributed by atoms with E-state index in [1.54, 1.807) is 7.11 Å². The molecule has 3 N–H and O–H groups in total. The summed E-state index contributed by atoms with van der Waals surface area (Å²) >= 11 is 11.8. The molecule has 0 saturated heterocycles. The summed E-state index contributed by atoms with van der Waals surface area (Å²) in [6, 6.07) is 3.03. The molecule has 1 aromatic carbocycles. The van der Waals surface area contributed by atoms with Gasteiger partial charge in [0.1, 0.15) is 0 Å². The molecule has 0 heterocycles. The van der Waals surface area contributed by atoms with Crippen molar-refractivity contribution in [2.24, 2.45) is 0 Å². The van der Waals surface area contributed by atoms with Crippen LogP contribution in [0.2, 0.25) is 10.0 Å². The number of nitrogen functional groups attached to an aromatic ring is 1. The van der Waals surface area contributed by atoms with Gasteiger partial charge < -0.3 is 15.8 Å². The van der Waals surface area contributed by atoms with Crippen LogP contribution in [0, 0.1) is 0 Å². The van der Waals surface area contributed by atoms with Gasteiger partial charge in [0.05, 0.1) is 15.6 Å². The highest BCUT2D eigenvalue weighted by atomic mass is 35.5. The monoisotopic (exact) mass is 290 g/mol. The summed E-state index contributed by atoms with van der Waals surface area (Å²) in [5, 5.41) is 3.26. The molecule has 1 amide bonds. The molecular formula is C12H16Cl2N2O2. The number of benzene rings is 1. The Labute approximate surface area is 116 Å². The van der Waals surface area contributed by atoms with Crippen LogP contribution in [0.3, 0.4) is 0 Å². The van der Waals surface area contributed by atoms with Gasteiger partial charge in [0.15, 0.2) is 0 Å². The second-order valence-electron chi connectivity index (χ2n) is 3.82. The van der Waals surface area contributed by atoms with E-state index >= 15 is 0 Å². The Hall–Kier alpha value is -0.970. The largest absolute Gasteiger partial charge is 0.399 e. The minimum Gasteiger partial charge on any atom is -0.399 e. The number of carbonyl (C=O) groups excluding carboxylic acids is 1. The smallest absolute Gasteiger partial charge is 0.252 e. The van der Waals surface area contributed by atoms with Crippen LogP contribution in [0.15, 0.2) is 12.1 Å². The lowest BCUT2D eigenvalue weighted by molar-refractivity contribution is 0.0951. The number of amides is 1. The second kappa shape index (κ2) is 7.46. The Kier molecular flexibility index (Phi) is 6.25. The molecule has 0 aromatic heterocycles. The van der Waals surface area contributed by atoms with Crippen molar-refractivity contribution in [3.05, 3.63) is 27.7 Å². The van der Waals surface area contributed by atoms with E-state index in [2.05, 4.69) is 5.32 Å².